The van der Waals surface area contributed by atoms with Crippen molar-refractivity contribution in [2.24, 2.45) is 0 Å². The first-order valence-corrected chi connectivity index (χ1v) is 28.1. The maximum atomic E-state index is 2.70. The van der Waals surface area contributed by atoms with Gasteiger partial charge in [-0.3, -0.25) is 0 Å². The molecule has 0 saturated heterocycles. The zero-order chi connectivity index (χ0) is 51.4. The van der Waals surface area contributed by atoms with Gasteiger partial charge >= 0.3 is 0 Å². The van der Waals surface area contributed by atoms with Crippen LogP contribution in [-0.2, 0) is 27.1 Å². The lowest BCUT2D eigenvalue weighted by Crippen LogP contribution is -2.62. The second kappa shape index (κ2) is 16.2. The van der Waals surface area contributed by atoms with Gasteiger partial charge < -0.3 is 14.7 Å². The Hall–Kier alpha value is -6.56. The van der Waals surface area contributed by atoms with E-state index in [0.29, 0.717) is 0 Å². The van der Waals surface area contributed by atoms with Crippen LogP contribution in [0.3, 0.4) is 0 Å². The lowest BCUT2D eigenvalue weighted by molar-refractivity contribution is 0.332. The summed E-state index contributed by atoms with van der Waals surface area (Å²) in [6.07, 6.45) is 4.69. The average molecular weight is 984 g/mol. The van der Waals surface area contributed by atoms with Crippen molar-refractivity contribution < 1.29 is 0 Å². The molecule has 0 fully saturated rings. The van der Waals surface area contributed by atoms with Gasteiger partial charge in [0.25, 0.3) is 6.71 Å². The molecular formula is C69H70BN3S. The maximum absolute atomic E-state index is 2.70. The van der Waals surface area contributed by atoms with Crippen molar-refractivity contribution in [3.05, 3.63) is 191 Å². The van der Waals surface area contributed by atoms with Gasteiger partial charge in [-0.1, -0.05) is 149 Å². The van der Waals surface area contributed by atoms with Crippen LogP contribution in [0.2, 0.25) is 0 Å². The molecule has 3 nitrogen and oxygen atoms in total. The molecule has 5 heteroatoms. The van der Waals surface area contributed by atoms with Crippen LogP contribution in [0.25, 0.3) is 20.2 Å². The fraction of sp³-hybridized carbons (Fsp3) is 0.304. The molecule has 0 N–H and O–H groups in total. The minimum Gasteiger partial charge on any atom is -0.311 e. The van der Waals surface area contributed by atoms with Gasteiger partial charge in [0.1, 0.15) is 0 Å². The highest BCUT2D eigenvalue weighted by Gasteiger charge is 2.47. The third-order valence-corrected chi connectivity index (χ3v) is 19.3. The topological polar surface area (TPSA) is 9.72 Å². The number of fused-ring (bicyclic) bond motifs is 9. The molecule has 370 valence electrons. The van der Waals surface area contributed by atoms with Gasteiger partial charge in [0.2, 0.25) is 0 Å². The van der Waals surface area contributed by atoms with Crippen molar-refractivity contribution in [2.75, 3.05) is 14.7 Å². The molecule has 3 heterocycles. The average Bonchev–Trinajstić information content (AvgIpc) is 3.78. The molecule has 8 aromatic carbocycles. The third-order valence-electron chi connectivity index (χ3n) is 18.1. The number of benzene rings is 8. The molecule has 0 saturated carbocycles. The Kier molecular flexibility index (Phi) is 10.3. The summed E-state index contributed by atoms with van der Waals surface area (Å²) in [5.41, 5.74) is 23.8. The third kappa shape index (κ3) is 7.19. The summed E-state index contributed by atoms with van der Waals surface area (Å²) in [7, 11) is 0. The fourth-order valence-corrected chi connectivity index (χ4v) is 15.1. The second-order valence-corrected chi connectivity index (χ2v) is 27.1. The summed E-state index contributed by atoms with van der Waals surface area (Å²) in [6.45, 7) is 29.3. The van der Waals surface area contributed by atoms with Gasteiger partial charge in [0.05, 0.1) is 0 Å². The lowest BCUT2D eigenvalue weighted by Gasteiger charge is -2.48. The highest BCUT2D eigenvalue weighted by Crippen LogP contribution is 2.54. The smallest absolute Gasteiger partial charge is 0.252 e. The van der Waals surface area contributed by atoms with Crippen molar-refractivity contribution in [2.45, 2.75) is 136 Å². The largest absolute Gasteiger partial charge is 0.311 e. The van der Waals surface area contributed by atoms with Crippen molar-refractivity contribution in [1.29, 1.82) is 0 Å². The SMILES string of the molecule is Cc1cc2c3c(c1)N(c1ccc4c(c1)C(C)(C)CCC4(C)C)c1cc4c(cc1B3c1ccc(N(c3ccccc3)c3ccccc3)cc1N2c1cc(C(C)(C)C)c2sc3ccccc3c2c1)C(C)(C)CCC4(C)C. The van der Waals surface area contributed by atoms with E-state index in [2.05, 4.69) is 256 Å². The highest BCUT2D eigenvalue weighted by molar-refractivity contribution is 7.26. The quantitative estimate of drug-likeness (QED) is 0.159. The van der Waals surface area contributed by atoms with E-state index < -0.39 is 0 Å². The summed E-state index contributed by atoms with van der Waals surface area (Å²) in [5, 5.41) is 2.65. The van der Waals surface area contributed by atoms with Crippen molar-refractivity contribution in [3.63, 3.8) is 0 Å². The Bertz CT molecular complexity index is 3720. The van der Waals surface area contributed by atoms with E-state index in [4.69, 9.17) is 0 Å². The molecule has 0 atom stereocenters. The lowest BCUT2D eigenvalue weighted by atomic mass is 9.33. The van der Waals surface area contributed by atoms with Crippen LogP contribution in [0.1, 0.15) is 135 Å². The summed E-state index contributed by atoms with van der Waals surface area (Å²) < 4.78 is 2.71. The van der Waals surface area contributed by atoms with Crippen LogP contribution in [0.5, 0.6) is 0 Å². The first-order valence-electron chi connectivity index (χ1n) is 27.3. The Morgan fingerprint density at radius 3 is 1.62 bits per heavy atom. The first kappa shape index (κ1) is 47.2. The number of aryl methyl sites for hydroxylation is 1. The zero-order valence-corrected chi connectivity index (χ0v) is 46.5. The van der Waals surface area contributed by atoms with Gasteiger partial charge in [-0.2, -0.15) is 0 Å². The molecule has 0 bridgehead atoms. The van der Waals surface area contributed by atoms with E-state index in [0.717, 1.165) is 29.9 Å². The molecule has 0 unspecified atom stereocenters. The van der Waals surface area contributed by atoms with Gasteiger partial charge in [0.15, 0.2) is 0 Å². The standard InChI is InChI=1S/C69H70BN3S/c1-43-35-60-63-61(36-43)73(48-37-50-49-25-19-20-26-62(49)74-64(50)55(39-48)65(2,3)4)58-40-47(71(44-21-15-13-16-22-44)45-23-17-14-18-24-45)28-30-56(58)70(63)57-41-53-54(69(11,12)34-33-68(53,9)10)42-59(57)72(60)46-27-29-51-52(38-46)67(7,8)32-31-66(51,5)6/h13-30,35-42H,31-34H2,1-12H3. The van der Waals surface area contributed by atoms with Crippen LogP contribution in [-0.4, -0.2) is 6.71 Å². The number of anilines is 9. The van der Waals surface area contributed by atoms with E-state index in [1.165, 1.54) is 117 Å². The highest BCUT2D eigenvalue weighted by atomic mass is 32.1. The number of thiophene rings is 1. The van der Waals surface area contributed by atoms with E-state index in [9.17, 15) is 0 Å². The summed E-state index contributed by atoms with van der Waals surface area (Å²) in [5.74, 6) is 0. The second-order valence-electron chi connectivity index (χ2n) is 26.0. The summed E-state index contributed by atoms with van der Waals surface area (Å²) in [4.78, 5) is 7.81. The number of nitrogens with zero attached hydrogens (tertiary/aromatic N) is 3. The number of rotatable bonds is 5. The van der Waals surface area contributed by atoms with Crippen molar-refractivity contribution >= 4 is 106 Å². The van der Waals surface area contributed by atoms with E-state index in [1.807, 2.05) is 11.3 Å². The van der Waals surface area contributed by atoms with Gasteiger partial charge in [0, 0.05) is 71.4 Å². The molecule has 0 amide bonds. The molecule has 0 radical (unpaired) electrons. The molecular weight excluding hydrogens is 914 g/mol. The Morgan fingerprint density at radius 1 is 0.459 bits per heavy atom. The van der Waals surface area contributed by atoms with E-state index in [-0.39, 0.29) is 33.8 Å². The van der Waals surface area contributed by atoms with Crippen LogP contribution in [0.4, 0.5) is 51.2 Å². The Labute approximate surface area is 445 Å². The van der Waals surface area contributed by atoms with Crippen LogP contribution in [0.15, 0.2) is 158 Å². The molecule has 9 aromatic rings. The predicted molar refractivity (Wildman–Crippen MR) is 322 cm³/mol. The van der Waals surface area contributed by atoms with Gasteiger partial charge in [-0.15, -0.1) is 11.3 Å². The number of hydrogen-bond acceptors (Lipinski definition) is 4. The molecule has 74 heavy (non-hydrogen) atoms. The minimum atomic E-state index is -0.105. The maximum Gasteiger partial charge on any atom is 0.252 e. The molecule has 13 rings (SSSR count). The minimum absolute atomic E-state index is 0.0130. The van der Waals surface area contributed by atoms with E-state index in [1.54, 1.807) is 0 Å². The predicted octanol–water partition coefficient (Wildman–Crippen LogP) is 17.9. The van der Waals surface area contributed by atoms with Gasteiger partial charge in [-0.05, 0) is 194 Å². The molecule has 2 aliphatic heterocycles. The van der Waals surface area contributed by atoms with Gasteiger partial charge in [-0.25, -0.2) is 0 Å². The van der Waals surface area contributed by atoms with Crippen LogP contribution in [0, 0.1) is 6.92 Å². The summed E-state index contributed by atoms with van der Waals surface area (Å²) >= 11 is 1.94. The van der Waals surface area contributed by atoms with Crippen LogP contribution < -0.4 is 31.1 Å². The monoisotopic (exact) mass is 984 g/mol. The number of hydrogen-bond donors (Lipinski definition) is 0. The molecule has 4 aliphatic rings. The normalized spacial score (nSPS) is 17.6. The first-order chi connectivity index (χ1) is 35.2. The number of para-hydroxylation sites is 2. The molecule has 2 aliphatic carbocycles. The fourth-order valence-electron chi connectivity index (χ4n) is 13.7. The molecule has 0 spiro atoms. The molecule has 1 aromatic heterocycles. The summed E-state index contributed by atoms with van der Waals surface area (Å²) in [6, 6.07) is 61.2. The van der Waals surface area contributed by atoms with Crippen molar-refractivity contribution in [1.82, 2.24) is 0 Å². The van der Waals surface area contributed by atoms with Crippen molar-refractivity contribution in [3.8, 4) is 0 Å². The zero-order valence-electron chi connectivity index (χ0n) is 45.7. The Balaban J connectivity index is 1.15. The van der Waals surface area contributed by atoms with E-state index >= 15 is 0 Å². The Morgan fingerprint density at radius 2 is 1.00 bits per heavy atom. The van der Waals surface area contributed by atoms with Crippen LogP contribution >= 0.6 is 11.3 Å².